The lowest BCUT2D eigenvalue weighted by atomic mass is 10.2. The van der Waals surface area contributed by atoms with Crippen molar-refractivity contribution < 1.29 is 13.2 Å². The highest BCUT2D eigenvalue weighted by molar-refractivity contribution is 9.10. The number of hydrogen-bond acceptors (Lipinski definition) is 1. The number of alkyl halides is 3. The van der Waals surface area contributed by atoms with Crippen molar-refractivity contribution in [3.63, 3.8) is 0 Å². The van der Waals surface area contributed by atoms with Gasteiger partial charge in [-0.3, -0.25) is 9.89 Å². The second kappa shape index (κ2) is 4.31. The van der Waals surface area contributed by atoms with Gasteiger partial charge < -0.3 is 0 Å². The maximum atomic E-state index is 12.6. The quantitative estimate of drug-likeness (QED) is 0.860. The molecular weight excluding hydrogens is 313 g/mol. The van der Waals surface area contributed by atoms with Crippen LogP contribution in [0, 0.1) is 6.92 Å². The third-order valence-corrected chi connectivity index (χ3v) is 3.02. The Morgan fingerprint density at radius 1 is 1.22 bits per heavy atom. The predicted octanol–water partition coefficient (Wildman–Crippen LogP) is 3.26. The van der Waals surface area contributed by atoms with E-state index < -0.39 is 17.4 Å². The fourth-order valence-corrected chi connectivity index (χ4v) is 1.83. The number of hydrogen-bond donors (Lipinski definition) is 1. The van der Waals surface area contributed by atoms with Crippen LogP contribution in [-0.4, -0.2) is 9.78 Å². The Hall–Kier alpha value is -1.50. The lowest BCUT2D eigenvalue weighted by Gasteiger charge is -2.04. The van der Waals surface area contributed by atoms with E-state index in [1.807, 2.05) is 0 Å². The molecule has 0 radical (unpaired) electrons. The maximum Gasteiger partial charge on any atom is 0.433 e. The van der Waals surface area contributed by atoms with Crippen LogP contribution >= 0.6 is 15.9 Å². The normalized spacial score (nSPS) is 11.8. The number of H-pyrrole nitrogens is 1. The molecule has 0 saturated carbocycles. The number of benzene rings is 1. The van der Waals surface area contributed by atoms with Crippen LogP contribution < -0.4 is 5.56 Å². The largest absolute Gasteiger partial charge is 0.433 e. The number of nitrogens with zero attached hydrogens (tertiary/aromatic N) is 1. The van der Waals surface area contributed by atoms with E-state index in [4.69, 9.17) is 0 Å². The molecule has 0 spiro atoms. The summed E-state index contributed by atoms with van der Waals surface area (Å²) in [5.74, 6) is 0. The van der Waals surface area contributed by atoms with Gasteiger partial charge in [-0.15, -0.1) is 0 Å². The third-order valence-electron chi connectivity index (χ3n) is 2.49. The van der Waals surface area contributed by atoms with Gasteiger partial charge >= 0.3 is 6.18 Å². The highest BCUT2D eigenvalue weighted by Gasteiger charge is 2.36. The molecule has 1 aromatic heterocycles. The molecule has 3 nitrogen and oxygen atoms in total. The summed E-state index contributed by atoms with van der Waals surface area (Å²) in [5, 5.41) is 2.09. The van der Waals surface area contributed by atoms with Gasteiger partial charge in [-0.05, 0) is 31.2 Å². The van der Waals surface area contributed by atoms with E-state index in [0.717, 1.165) is 16.1 Å². The first-order valence-corrected chi connectivity index (χ1v) is 5.75. The van der Waals surface area contributed by atoms with Gasteiger partial charge in [-0.1, -0.05) is 15.9 Å². The molecule has 0 fully saturated rings. The summed E-state index contributed by atoms with van der Waals surface area (Å²) in [7, 11) is 0. The van der Waals surface area contributed by atoms with Crippen molar-refractivity contribution in [1.82, 2.24) is 9.78 Å². The average Bonchev–Trinajstić information content (AvgIpc) is 2.57. The highest BCUT2D eigenvalue weighted by Crippen LogP contribution is 2.29. The van der Waals surface area contributed by atoms with E-state index in [1.165, 1.54) is 0 Å². The molecular formula is C11H8BrF3N2O. The summed E-state index contributed by atoms with van der Waals surface area (Å²) in [6.07, 6.45) is -4.57. The monoisotopic (exact) mass is 320 g/mol. The summed E-state index contributed by atoms with van der Waals surface area (Å²) in [6.45, 7) is 1.15. The molecule has 0 saturated heterocycles. The Bertz CT molecular complexity index is 625. The molecule has 18 heavy (non-hydrogen) atoms. The first-order valence-electron chi connectivity index (χ1n) is 4.95. The van der Waals surface area contributed by atoms with Crippen molar-refractivity contribution in [1.29, 1.82) is 0 Å². The van der Waals surface area contributed by atoms with Crippen LogP contribution in [0.25, 0.3) is 5.69 Å². The molecule has 0 unspecified atom stereocenters. The molecule has 0 amide bonds. The summed E-state index contributed by atoms with van der Waals surface area (Å²) in [5.41, 5.74) is -1.72. The molecule has 96 valence electrons. The summed E-state index contributed by atoms with van der Waals surface area (Å²) in [6, 6.07) is 6.37. The number of aromatic nitrogens is 2. The van der Waals surface area contributed by atoms with Crippen molar-refractivity contribution in [3.8, 4) is 5.69 Å². The third kappa shape index (κ3) is 2.22. The molecule has 0 atom stereocenters. The molecule has 1 N–H and O–H groups in total. The molecule has 7 heteroatoms. The van der Waals surface area contributed by atoms with Gasteiger partial charge in [0.15, 0.2) is 0 Å². The highest BCUT2D eigenvalue weighted by atomic mass is 79.9. The predicted molar refractivity (Wildman–Crippen MR) is 63.8 cm³/mol. The Balaban J connectivity index is 2.60. The van der Waals surface area contributed by atoms with Crippen molar-refractivity contribution in [2.24, 2.45) is 0 Å². The van der Waals surface area contributed by atoms with Crippen molar-refractivity contribution >= 4 is 15.9 Å². The zero-order valence-corrected chi connectivity index (χ0v) is 10.8. The number of rotatable bonds is 1. The van der Waals surface area contributed by atoms with Crippen molar-refractivity contribution in [2.75, 3.05) is 0 Å². The standard InChI is InChI=1S/C11H8BrF3N2O/c1-6-9(11(13,14)15)16-17(10(6)18)8-4-2-7(12)3-5-8/h2-5,16H,1H3. The van der Waals surface area contributed by atoms with Gasteiger partial charge in [0.2, 0.25) is 0 Å². The van der Waals surface area contributed by atoms with E-state index in [0.29, 0.717) is 5.69 Å². The van der Waals surface area contributed by atoms with E-state index in [2.05, 4.69) is 21.0 Å². The first-order chi connectivity index (χ1) is 8.30. The lowest BCUT2D eigenvalue weighted by Crippen LogP contribution is -2.15. The number of aromatic amines is 1. The molecule has 2 rings (SSSR count). The van der Waals surface area contributed by atoms with Gasteiger partial charge in [0, 0.05) is 10.0 Å². The zero-order valence-electron chi connectivity index (χ0n) is 9.18. The minimum absolute atomic E-state index is 0.342. The zero-order chi connectivity index (χ0) is 13.5. The molecule has 0 aliphatic rings. The second-order valence-electron chi connectivity index (χ2n) is 3.73. The lowest BCUT2D eigenvalue weighted by molar-refractivity contribution is -0.141. The van der Waals surface area contributed by atoms with Gasteiger partial charge in [-0.2, -0.15) is 13.2 Å². The molecule has 1 heterocycles. The Morgan fingerprint density at radius 3 is 2.22 bits per heavy atom. The minimum Gasteiger partial charge on any atom is -0.286 e. The van der Waals surface area contributed by atoms with Crippen LogP contribution in [0.3, 0.4) is 0 Å². The smallest absolute Gasteiger partial charge is 0.286 e. The fraction of sp³-hybridized carbons (Fsp3) is 0.182. The van der Waals surface area contributed by atoms with Crippen LogP contribution in [-0.2, 0) is 6.18 Å². The van der Waals surface area contributed by atoms with Gasteiger partial charge in [0.1, 0.15) is 5.69 Å². The average molecular weight is 321 g/mol. The topological polar surface area (TPSA) is 37.8 Å². The van der Waals surface area contributed by atoms with Gasteiger partial charge in [0.05, 0.1) is 5.69 Å². The van der Waals surface area contributed by atoms with Crippen LogP contribution in [0.15, 0.2) is 33.5 Å². The number of nitrogens with one attached hydrogen (secondary N) is 1. The SMILES string of the molecule is Cc1c(C(F)(F)F)[nH]n(-c2ccc(Br)cc2)c1=O. The van der Waals surface area contributed by atoms with Crippen LogP contribution in [0.1, 0.15) is 11.3 Å². The van der Waals surface area contributed by atoms with E-state index in [-0.39, 0.29) is 5.56 Å². The van der Waals surface area contributed by atoms with E-state index in [1.54, 1.807) is 24.3 Å². The fourth-order valence-electron chi connectivity index (χ4n) is 1.57. The van der Waals surface area contributed by atoms with Crippen LogP contribution in [0.5, 0.6) is 0 Å². The van der Waals surface area contributed by atoms with Crippen LogP contribution in [0.4, 0.5) is 13.2 Å². The number of halogens is 4. The first kappa shape index (κ1) is 12.9. The molecule has 1 aromatic carbocycles. The minimum atomic E-state index is -4.57. The van der Waals surface area contributed by atoms with Crippen molar-refractivity contribution in [2.45, 2.75) is 13.1 Å². The summed E-state index contributed by atoms with van der Waals surface area (Å²) < 4.78 is 39.5. The molecule has 0 bridgehead atoms. The van der Waals surface area contributed by atoms with Crippen LogP contribution in [0.2, 0.25) is 0 Å². The molecule has 0 aliphatic carbocycles. The van der Waals surface area contributed by atoms with Gasteiger partial charge in [-0.25, -0.2) is 4.68 Å². The van der Waals surface area contributed by atoms with E-state index >= 15 is 0 Å². The Kier molecular flexibility index (Phi) is 3.10. The van der Waals surface area contributed by atoms with Gasteiger partial charge in [0.25, 0.3) is 5.56 Å². The van der Waals surface area contributed by atoms with Crippen molar-refractivity contribution in [3.05, 3.63) is 50.3 Å². The molecule has 0 aliphatic heterocycles. The Morgan fingerprint density at radius 2 is 1.78 bits per heavy atom. The second-order valence-corrected chi connectivity index (χ2v) is 4.64. The maximum absolute atomic E-state index is 12.6. The summed E-state index contributed by atoms with van der Waals surface area (Å²) >= 11 is 3.21. The summed E-state index contributed by atoms with van der Waals surface area (Å²) in [4.78, 5) is 11.7. The molecule has 2 aromatic rings. The van der Waals surface area contributed by atoms with E-state index in [9.17, 15) is 18.0 Å². The Labute approximate surface area is 108 Å².